The molecule has 0 aliphatic carbocycles. The summed E-state index contributed by atoms with van der Waals surface area (Å²) in [5, 5.41) is 13.3. The molecule has 0 saturated heterocycles. The molecule has 0 atom stereocenters. The van der Waals surface area contributed by atoms with E-state index in [1.807, 2.05) is 30.3 Å². The van der Waals surface area contributed by atoms with Crippen LogP contribution in [0.5, 0.6) is 0 Å². The minimum atomic E-state index is -0.893. The Morgan fingerprint density at radius 2 is 1.85 bits per heavy atom. The Hall–Kier alpha value is -2.74. The van der Waals surface area contributed by atoms with Crippen LogP contribution < -0.4 is 5.32 Å². The first-order valence-electron chi connectivity index (χ1n) is 7.68. The molecule has 0 aliphatic rings. The van der Waals surface area contributed by atoms with Crippen molar-refractivity contribution in [3.63, 3.8) is 0 Å². The Morgan fingerprint density at radius 3 is 2.42 bits per heavy atom. The molecule has 0 radical (unpaired) electrons. The zero-order valence-corrected chi connectivity index (χ0v) is 15.8. The second-order valence-corrected chi connectivity index (χ2v) is 6.89. The van der Waals surface area contributed by atoms with Gasteiger partial charge in [-0.15, -0.1) is 0 Å². The Morgan fingerprint density at radius 1 is 1.19 bits per heavy atom. The molecule has 2 aromatic rings. The predicted octanol–water partition coefficient (Wildman–Crippen LogP) is 3.82. The van der Waals surface area contributed by atoms with Gasteiger partial charge in [-0.05, 0) is 41.4 Å². The number of nitrogens with one attached hydrogen (secondary N) is 1. The van der Waals surface area contributed by atoms with E-state index in [1.165, 1.54) is 18.2 Å². The fourth-order valence-corrected chi connectivity index (χ4v) is 2.66. The van der Waals surface area contributed by atoms with Crippen LogP contribution in [0.25, 0.3) is 0 Å². The van der Waals surface area contributed by atoms with Gasteiger partial charge < -0.3 is 10.1 Å². The van der Waals surface area contributed by atoms with E-state index >= 15 is 0 Å². The first-order valence-corrected chi connectivity index (χ1v) is 8.47. The van der Waals surface area contributed by atoms with Gasteiger partial charge >= 0.3 is 5.97 Å². The Labute approximate surface area is 158 Å². The minimum absolute atomic E-state index is 0.106. The molecule has 0 fully saturated rings. The van der Waals surface area contributed by atoms with E-state index in [4.69, 9.17) is 4.74 Å². The van der Waals surface area contributed by atoms with Crippen molar-refractivity contribution in [1.82, 2.24) is 0 Å². The van der Waals surface area contributed by atoms with Crippen molar-refractivity contribution in [2.75, 3.05) is 11.9 Å². The number of halogens is 1. The second-order valence-electron chi connectivity index (χ2n) is 6.04. The summed E-state index contributed by atoms with van der Waals surface area (Å²) in [6.07, 6.45) is 0. The van der Waals surface area contributed by atoms with E-state index in [2.05, 4.69) is 21.2 Å². The van der Waals surface area contributed by atoms with Crippen LogP contribution in [-0.4, -0.2) is 23.4 Å². The van der Waals surface area contributed by atoms with Gasteiger partial charge in [0.2, 0.25) is 0 Å². The molecule has 0 aromatic heterocycles. The van der Waals surface area contributed by atoms with Gasteiger partial charge in [0.1, 0.15) is 0 Å². The molecule has 0 aliphatic heterocycles. The molecule has 1 N–H and O–H groups in total. The monoisotopic (exact) mass is 420 g/mol. The van der Waals surface area contributed by atoms with Gasteiger partial charge in [-0.3, -0.25) is 19.7 Å². The molecule has 2 aromatic carbocycles. The number of hydrogen-bond acceptors (Lipinski definition) is 5. The Bertz CT molecular complexity index is 837. The van der Waals surface area contributed by atoms with Crippen LogP contribution in [-0.2, 0) is 19.7 Å². The molecule has 26 heavy (non-hydrogen) atoms. The van der Waals surface area contributed by atoms with Crippen molar-refractivity contribution in [2.24, 2.45) is 0 Å². The SMILES string of the molecule is CC(C)(C(=O)OCC(=O)Nc1ccc([N+](=O)[O-])cc1Br)c1ccccc1. The molecule has 0 spiro atoms. The number of nitro groups is 1. The van der Waals surface area contributed by atoms with Crippen molar-refractivity contribution in [1.29, 1.82) is 0 Å². The van der Waals surface area contributed by atoms with Gasteiger partial charge in [-0.2, -0.15) is 0 Å². The van der Waals surface area contributed by atoms with Crippen LogP contribution in [0.3, 0.4) is 0 Å². The van der Waals surface area contributed by atoms with Gasteiger partial charge in [-0.25, -0.2) is 0 Å². The maximum atomic E-state index is 12.3. The third-order valence-corrected chi connectivity index (χ3v) is 4.43. The standard InChI is InChI=1S/C18H17BrN2O5/c1-18(2,12-6-4-3-5-7-12)17(23)26-11-16(22)20-15-9-8-13(21(24)25)10-14(15)19/h3-10H,11H2,1-2H3,(H,20,22). The van der Waals surface area contributed by atoms with Crippen LogP contribution in [0.4, 0.5) is 11.4 Å². The lowest BCUT2D eigenvalue weighted by Crippen LogP contribution is -2.33. The molecule has 8 heteroatoms. The number of amides is 1. The van der Waals surface area contributed by atoms with Crippen molar-refractivity contribution in [3.8, 4) is 0 Å². The quantitative estimate of drug-likeness (QED) is 0.435. The number of nitrogens with zero attached hydrogens (tertiary/aromatic N) is 1. The van der Waals surface area contributed by atoms with E-state index < -0.39 is 28.8 Å². The predicted molar refractivity (Wildman–Crippen MR) is 99.9 cm³/mol. The van der Waals surface area contributed by atoms with Gasteiger partial charge in [-0.1, -0.05) is 30.3 Å². The topological polar surface area (TPSA) is 98.5 Å². The lowest BCUT2D eigenvalue weighted by molar-refractivity contribution is -0.384. The zero-order chi connectivity index (χ0) is 19.3. The van der Waals surface area contributed by atoms with E-state index in [0.29, 0.717) is 10.2 Å². The summed E-state index contributed by atoms with van der Waals surface area (Å²) in [4.78, 5) is 34.5. The summed E-state index contributed by atoms with van der Waals surface area (Å²) in [6.45, 7) is 2.98. The van der Waals surface area contributed by atoms with Crippen molar-refractivity contribution >= 4 is 39.2 Å². The van der Waals surface area contributed by atoms with Gasteiger partial charge in [0.25, 0.3) is 11.6 Å². The average molecular weight is 421 g/mol. The first kappa shape index (κ1) is 19.6. The summed E-state index contributed by atoms with van der Waals surface area (Å²) in [7, 11) is 0. The molecule has 0 heterocycles. The van der Waals surface area contributed by atoms with E-state index in [1.54, 1.807) is 13.8 Å². The molecule has 2 rings (SSSR count). The van der Waals surface area contributed by atoms with E-state index in [0.717, 1.165) is 5.56 Å². The highest BCUT2D eigenvalue weighted by atomic mass is 79.9. The molecule has 0 unspecified atom stereocenters. The normalized spacial score (nSPS) is 10.9. The number of carbonyl (C=O) groups is 2. The number of rotatable bonds is 6. The fraction of sp³-hybridized carbons (Fsp3) is 0.222. The van der Waals surface area contributed by atoms with E-state index in [9.17, 15) is 19.7 Å². The summed E-state index contributed by atoms with van der Waals surface area (Å²) in [5.41, 5.74) is 0.128. The number of non-ortho nitro benzene ring substituents is 1. The number of carbonyl (C=O) groups excluding carboxylic acids is 2. The van der Waals surface area contributed by atoms with Crippen molar-refractivity contribution in [2.45, 2.75) is 19.3 Å². The lowest BCUT2D eigenvalue weighted by Gasteiger charge is -2.22. The lowest BCUT2D eigenvalue weighted by atomic mass is 9.85. The smallest absolute Gasteiger partial charge is 0.316 e. The maximum absolute atomic E-state index is 12.3. The van der Waals surface area contributed by atoms with Crippen molar-refractivity contribution in [3.05, 3.63) is 68.7 Å². The number of ether oxygens (including phenoxy) is 1. The molecule has 136 valence electrons. The van der Waals surface area contributed by atoms with Gasteiger partial charge in [0, 0.05) is 16.6 Å². The first-order chi connectivity index (χ1) is 12.2. The largest absolute Gasteiger partial charge is 0.455 e. The van der Waals surface area contributed by atoms with Crippen LogP contribution in [0.15, 0.2) is 53.0 Å². The molecular formula is C18H17BrN2O5. The van der Waals surface area contributed by atoms with Gasteiger partial charge in [0.15, 0.2) is 6.61 Å². The summed E-state index contributed by atoms with van der Waals surface area (Å²) in [5.74, 6) is -1.07. The molecule has 0 saturated carbocycles. The molecule has 7 nitrogen and oxygen atoms in total. The Balaban J connectivity index is 1.96. The van der Waals surface area contributed by atoms with Crippen LogP contribution >= 0.6 is 15.9 Å². The number of esters is 1. The third kappa shape index (κ3) is 4.66. The van der Waals surface area contributed by atoms with Crippen molar-refractivity contribution < 1.29 is 19.2 Å². The van der Waals surface area contributed by atoms with Crippen LogP contribution in [0, 0.1) is 10.1 Å². The number of anilines is 1. The molecular weight excluding hydrogens is 404 g/mol. The summed E-state index contributed by atoms with van der Waals surface area (Å²) < 4.78 is 5.48. The highest BCUT2D eigenvalue weighted by Gasteiger charge is 2.31. The minimum Gasteiger partial charge on any atom is -0.455 e. The summed E-state index contributed by atoms with van der Waals surface area (Å²) >= 11 is 3.16. The zero-order valence-electron chi connectivity index (χ0n) is 14.2. The van der Waals surface area contributed by atoms with E-state index in [-0.39, 0.29) is 5.69 Å². The number of benzene rings is 2. The van der Waals surface area contributed by atoms with Crippen LogP contribution in [0.1, 0.15) is 19.4 Å². The number of hydrogen-bond donors (Lipinski definition) is 1. The fourth-order valence-electron chi connectivity index (χ4n) is 2.19. The third-order valence-electron chi connectivity index (χ3n) is 3.78. The highest BCUT2D eigenvalue weighted by Crippen LogP contribution is 2.27. The summed E-state index contributed by atoms with van der Waals surface area (Å²) in [6, 6.07) is 13.1. The maximum Gasteiger partial charge on any atom is 0.316 e. The van der Waals surface area contributed by atoms with Crippen LogP contribution in [0.2, 0.25) is 0 Å². The second kappa shape index (κ2) is 8.09. The Kier molecular flexibility index (Phi) is 6.10. The number of nitro benzene ring substituents is 1. The molecule has 0 bridgehead atoms. The van der Waals surface area contributed by atoms with Gasteiger partial charge in [0.05, 0.1) is 16.0 Å². The molecule has 1 amide bonds. The highest BCUT2D eigenvalue weighted by molar-refractivity contribution is 9.10. The average Bonchev–Trinajstić information content (AvgIpc) is 2.61.